The summed E-state index contributed by atoms with van der Waals surface area (Å²) in [5.74, 6) is -2.24. The van der Waals surface area contributed by atoms with E-state index in [0.29, 0.717) is 18.4 Å². The molecule has 140 valence electrons. The lowest BCUT2D eigenvalue weighted by Gasteiger charge is -2.24. The molecular weight excluding hydrogens is 366 g/mol. The summed E-state index contributed by atoms with van der Waals surface area (Å²) in [5, 5.41) is 2.23. The molecule has 6 nitrogen and oxygen atoms in total. The van der Waals surface area contributed by atoms with Gasteiger partial charge in [-0.25, -0.2) is 17.2 Å². The molecule has 0 aliphatic carbocycles. The average Bonchev–Trinajstić information content (AvgIpc) is 2.55. The highest BCUT2D eigenvalue weighted by Gasteiger charge is 2.24. The van der Waals surface area contributed by atoms with E-state index in [0.717, 1.165) is 22.7 Å². The number of carbonyl (C=O) groups is 1. The van der Waals surface area contributed by atoms with E-state index in [9.17, 15) is 22.0 Å². The Labute approximate surface area is 150 Å². The Hall–Kier alpha value is -2.68. The molecule has 26 heavy (non-hydrogen) atoms. The van der Waals surface area contributed by atoms with E-state index in [1.54, 1.807) is 25.1 Å². The fraction of sp³-hybridized carbons (Fsp3) is 0.235. The molecule has 0 aliphatic heterocycles. The number of hydrogen-bond acceptors (Lipinski definition) is 4. The van der Waals surface area contributed by atoms with Crippen molar-refractivity contribution in [1.29, 1.82) is 0 Å². The molecule has 1 N–H and O–H groups in total. The predicted molar refractivity (Wildman–Crippen MR) is 94.8 cm³/mol. The minimum atomic E-state index is -3.82. The van der Waals surface area contributed by atoms with Crippen LogP contribution >= 0.6 is 0 Å². The van der Waals surface area contributed by atoms with Gasteiger partial charge in [0.05, 0.1) is 24.2 Å². The number of anilines is 2. The van der Waals surface area contributed by atoms with Crippen LogP contribution in [-0.2, 0) is 14.8 Å². The third-order valence-corrected chi connectivity index (χ3v) is 4.45. The molecule has 0 atom stereocenters. The summed E-state index contributed by atoms with van der Waals surface area (Å²) >= 11 is 0. The molecular formula is C17H18F2N2O4S. The molecule has 0 aromatic heterocycles. The van der Waals surface area contributed by atoms with Crippen molar-refractivity contribution in [1.82, 2.24) is 0 Å². The second kappa shape index (κ2) is 8.13. The zero-order valence-electron chi connectivity index (χ0n) is 14.2. The first kappa shape index (κ1) is 19.6. The van der Waals surface area contributed by atoms with Crippen LogP contribution in [0.4, 0.5) is 20.2 Å². The summed E-state index contributed by atoms with van der Waals surface area (Å²) in [5.41, 5.74) is -0.0606. The van der Waals surface area contributed by atoms with Gasteiger partial charge in [-0.1, -0.05) is 12.1 Å². The van der Waals surface area contributed by atoms with Crippen molar-refractivity contribution in [3.8, 4) is 5.75 Å². The van der Waals surface area contributed by atoms with Crippen LogP contribution in [0, 0.1) is 11.6 Å². The number of amides is 1. The predicted octanol–water partition coefficient (Wildman–Crippen LogP) is 2.77. The van der Waals surface area contributed by atoms with Crippen LogP contribution in [0.3, 0.4) is 0 Å². The van der Waals surface area contributed by atoms with Crippen molar-refractivity contribution in [2.75, 3.05) is 29.0 Å². The minimum Gasteiger partial charge on any atom is -0.492 e. The average molecular weight is 384 g/mol. The van der Waals surface area contributed by atoms with Gasteiger partial charge in [0.15, 0.2) is 0 Å². The summed E-state index contributed by atoms with van der Waals surface area (Å²) in [6.07, 6.45) is 0.946. The zero-order chi connectivity index (χ0) is 19.3. The molecule has 9 heteroatoms. The van der Waals surface area contributed by atoms with Gasteiger partial charge < -0.3 is 10.1 Å². The maximum absolute atomic E-state index is 13.7. The van der Waals surface area contributed by atoms with Gasteiger partial charge in [0.25, 0.3) is 0 Å². The van der Waals surface area contributed by atoms with E-state index >= 15 is 0 Å². The van der Waals surface area contributed by atoms with Crippen LogP contribution in [-0.4, -0.2) is 33.7 Å². The molecule has 0 saturated carbocycles. The highest BCUT2D eigenvalue weighted by atomic mass is 32.2. The quantitative estimate of drug-likeness (QED) is 0.797. The van der Waals surface area contributed by atoms with Crippen LogP contribution in [0.2, 0.25) is 0 Å². The lowest BCUT2D eigenvalue weighted by atomic mass is 10.2. The Balaban J connectivity index is 2.28. The second-order valence-electron chi connectivity index (χ2n) is 5.34. The van der Waals surface area contributed by atoms with E-state index in [4.69, 9.17) is 4.74 Å². The number of hydrogen-bond donors (Lipinski definition) is 1. The number of para-hydroxylation sites is 2. The van der Waals surface area contributed by atoms with E-state index in [1.165, 1.54) is 6.07 Å². The van der Waals surface area contributed by atoms with Crippen LogP contribution < -0.4 is 14.4 Å². The highest BCUT2D eigenvalue weighted by molar-refractivity contribution is 7.92. The summed E-state index contributed by atoms with van der Waals surface area (Å²) in [4.78, 5) is 12.2. The first-order valence-electron chi connectivity index (χ1n) is 7.66. The number of sulfonamides is 1. The maximum atomic E-state index is 13.7. The van der Waals surface area contributed by atoms with Gasteiger partial charge in [0.2, 0.25) is 15.9 Å². The highest BCUT2D eigenvalue weighted by Crippen LogP contribution is 2.29. The summed E-state index contributed by atoms with van der Waals surface area (Å²) in [6, 6.07) is 9.01. The SMILES string of the molecule is CCOc1ccccc1N(CC(=O)Nc1ccc(F)cc1F)S(C)(=O)=O. The molecule has 0 bridgehead atoms. The van der Waals surface area contributed by atoms with Gasteiger partial charge in [-0.2, -0.15) is 0 Å². The fourth-order valence-corrected chi connectivity index (χ4v) is 3.09. The standard InChI is InChI=1S/C17H18F2N2O4S/c1-3-25-16-7-5-4-6-15(16)21(26(2,23)24)11-17(22)20-14-9-8-12(18)10-13(14)19/h4-10H,3,11H2,1-2H3,(H,20,22). The molecule has 0 aliphatic rings. The normalized spacial score (nSPS) is 11.1. The van der Waals surface area contributed by atoms with Crippen molar-refractivity contribution in [3.05, 3.63) is 54.1 Å². The zero-order valence-corrected chi connectivity index (χ0v) is 15.0. The monoisotopic (exact) mass is 384 g/mol. The first-order chi connectivity index (χ1) is 12.2. The van der Waals surface area contributed by atoms with Gasteiger partial charge in [-0.05, 0) is 31.2 Å². The van der Waals surface area contributed by atoms with Crippen LogP contribution in [0.5, 0.6) is 5.75 Å². The molecule has 0 spiro atoms. The van der Waals surface area contributed by atoms with Crippen molar-refractivity contribution >= 4 is 27.3 Å². The fourth-order valence-electron chi connectivity index (χ4n) is 2.23. The lowest BCUT2D eigenvalue weighted by Crippen LogP contribution is -2.37. The van der Waals surface area contributed by atoms with Gasteiger partial charge in [-0.3, -0.25) is 9.10 Å². The van der Waals surface area contributed by atoms with Crippen molar-refractivity contribution in [3.63, 3.8) is 0 Å². The topological polar surface area (TPSA) is 75.7 Å². The number of nitrogens with zero attached hydrogens (tertiary/aromatic N) is 1. The Morgan fingerprint density at radius 2 is 1.88 bits per heavy atom. The van der Waals surface area contributed by atoms with Gasteiger partial charge in [0, 0.05) is 6.07 Å². The smallest absolute Gasteiger partial charge is 0.245 e. The number of nitrogens with one attached hydrogen (secondary N) is 1. The van der Waals surface area contributed by atoms with E-state index in [2.05, 4.69) is 5.32 Å². The number of halogens is 2. The molecule has 1 amide bonds. The molecule has 0 saturated heterocycles. The molecule has 2 aromatic carbocycles. The van der Waals surface area contributed by atoms with Gasteiger partial charge in [0.1, 0.15) is 23.9 Å². The van der Waals surface area contributed by atoms with Crippen molar-refractivity contribution < 1.29 is 26.7 Å². The maximum Gasteiger partial charge on any atom is 0.245 e. The van der Waals surface area contributed by atoms with Gasteiger partial charge >= 0.3 is 0 Å². The van der Waals surface area contributed by atoms with Crippen LogP contribution in [0.25, 0.3) is 0 Å². The van der Waals surface area contributed by atoms with Gasteiger partial charge in [-0.15, -0.1) is 0 Å². The minimum absolute atomic E-state index is 0.187. The first-order valence-corrected chi connectivity index (χ1v) is 9.51. The molecule has 2 aromatic rings. The Morgan fingerprint density at radius 1 is 1.19 bits per heavy atom. The Kier molecular flexibility index (Phi) is 6.14. The lowest BCUT2D eigenvalue weighted by molar-refractivity contribution is -0.114. The van der Waals surface area contributed by atoms with Crippen molar-refractivity contribution in [2.24, 2.45) is 0 Å². The third kappa shape index (κ3) is 4.92. The number of carbonyl (C=O) groups excluding carboxylic acids is 1. The van der Waals surface area contributed by atoms with E-state index in [1.807, 2.05) is 0 Å². The summed E-state index contributed by atoms with van der Waals surface area (Å²) in [6.45, 7) is 1.45. The largest absolute Gasteiger partial charge is 0.492 e. The summed E-state index contributed by atoms with van der Waals surface area (Å²) < 4.78 is 57.2. The Morgan fingerprint density at radius 3 is 2.50 bits per heavy atom. The van der Waals surface area contributed by atoms with Crippen molar-refractivity contribution in [2.45, 2.75) is 6.92 Å². The molecule has 2 rings (SSSR count). The van der Waals surface area contributed by atoms with Crippen LogP contribution in [0.15, 0.2) is 42.5 Å². The number of benzene rings is 2. The molecule has 0 fully saturated rings. The number of rotatable bonds is 7. The van der Waals surface area contributed by atoms with E-state index in [-0.39, 0.29) is 11.4 Å². The molecule has 0 radical (unpaired) electrons. The Bertz CT molecular complexity index is 903. The molecule has 0 unspecified atom stereocenters. The second-order valence-corrected chi connectivity index (χ2v) is 7.25. The number of ether oxygens (including phenoxy) is 1. The third-order valence-electron chi connectivity index (χ3n) is 3.33. The van der Waals surface area contributed by atoms with Crippen LogP contribution in [0.1, 0.15) is 6.92 Å². The summed E-state index contributed by atoms with van der Waals surface area (Å²) in [7, 11) is -3.82. The molecule has 0 heterocycles. The van der Waals surface area contributed by atoms with E-state index < -0.39 is 34.1 Å².